The van der Waals surface area contributed by atoms with Gasteiger partial charge in [0.05, 0.1) is 22.8 Å². The number of nitrogens with one attached hydrogen (secondary N) is 2. The number of phenols is 1. The Balaban J connectivity index is 1.74. The molecule has 0 saturated heterocycles. The lowest BCUT2D eigenvalue weighted by atomic mass is 9.97. The molecule has 0 radical (unpaired) electrons. The van der Waals surface area contributed by atoms with Crippen LogP contribution in [-0.2, 0) is 16.6 Å². The Hall–Kier alpha value is -3.70. The summed E-state index contributed by atoms with van der Waals surface area (Å²) in [5.41, 5.74) is 1.68. The number of hydrogen-bond donors (Lipinski definition) is 3. The Morgan fingerprint density at radius 2 is 1.83 bits per heavy atom. The molecule has 1 atom stereocenters. The zero-order valence-electron chi connectivity index (χ0n) is 24.1. The zero-order chi connectivity index (χ0) is 29.6. The van der Waals surface area contributed by atoms with Gasteiger partial charge in [-0.1, -0.05) is 51.7 Å². The molecule has 41 heavy (non-hydrogen) atoms. The van der Waals surface area contributed by atoms with Crippen LogP contribution in [0, 0.1) is 6.92 Å². The minimum absolute atomic E-state index is 0.00173. The van der Waals surface area contributed by atoms with Crippen LogP contribution < -0.4 is 15.0 Å². The van der Waals surface area contributed by atoms with E-state index in [1.54, 1.807) is 29.6 Å². The summed E-state index contributed by atoms with van der Waals surface area (Å²) in [6, 6.07) is 10.8. The van der Waals surface area contributed by atoms with Gasteiger partial charge in [-0.05, 0) is 62.6 Å². The van der Waals surface area contributed by atoms with E-state index in [2.05, 4.69) is 23.6 Å². The van der Waals surface area contributed by atoms with Crippen molar-refractivity contribution in [2.24, 2.45) is 0 Å². The lowest BCUT2D eigenvalue weighted by Crippen LogP contribution is -2.23. The van der Waals surface area contributed by atoms with Gasteiger partial charge in [-0.3, -0.25) is 4.79 Å². The van der Waals surface area contributed by atoms with Gasteiger partial charge < -0.3 is 14.8 Å². The molecule has 2 aromatic carbocycles. The van der Waals surface area contributed by atoms with E-state index >= 15 is 0 Å². The second-order valence-corrected chi connectivity index (χ2v) is 11.9. The maximum Gasteiger partial charge on any atom is 0.277 e. The lowest BCUT2D eigenvalue weighted by Gasteiger charge is -2.15. The first kappa shape index (κ1) is 30.3. The topological polar surface area (TPSA) is 139 Å². The second-order valence-electron chi connectivity index (χ2n) is 10.2. The van der Waals surface area contributed by atoms with Crippen molar-refractivity contribution in [2.45, 2.75) is 83.6 Å². The minimum Gasteiger partial charge on any atom is -0.508 e. The van der Waals surface area contributed by atoms with E-state index in [1.807, 2.05) is 6.92 Å². The number of ether oxygens (including phenoxy) is 1. The fourth-order valence-electron chi connectivity index (χ4n) is 4.93. The third-order valence-corrected chi connectivity index (χ3v) is 8.58. The first-order valence-electron chi connectivity index (χ1n) is 14.2. The van der Waals surface area contributed by atoms with Crippen LogP contribution in [0.25, 0.3) is 16.9 Å². The van der Waals surface area contributed by atoms with Gasteiger partial charge in [0.25, 0.3) is 5.56 Å². The van der Waals surface area contributed by atoms with Gasteiger partial charge in [-0.25, -0.2) is 22.6 Å². The van der Waals surface area contributed by atoms with Crippen LogP contribution in [0.4, 0.5) is 0 Å². The molecule has 10 nitrogen and oxygen atoms in total. The predicted molar refractivity (Wildman–Crippen MR) is 159 cm³/mol. The van der Waals surface area contributed by atoms with Crippen LogP contribution in [0.15, 0.2) is 52.2 Å². The molecule has 0 saturated carbocycles. The molecule has 0 spiro atoms. The first-order valence-corrected chi connectivity index (χ1v) is 15.7. The standard InChI is InChI=1S/C30H39N5O5S/c1-5-8-9-10-11-22(6-2)29-32-20(4)27-30(37)33-28(34-35(27)29)25-18-24(16-17-26(25)40-7-3)41(38,39)31-19-21-12-14-23(36)15-13-21/h12-18,22,31,36H,5-11,19H2,1-4H3,(H,33,34,37). The van der Waals surface area contributed by atoms with E-state index < -0.39 is 10.0 Å². The van der Waals surface area contributed by atoms with Gasteiger partial charge in [-0.2, -0.15) is 0 Å². The monoisotopic (exact) mass is 581 g/mol. The quantitative estimate of drug-likeness (QED) is 0.169. The number of aromatic nitrogens is 4. The van der Waals surface area contributed by atoms with E-state index in [4.69, 9.17) is 14.8 Å². The molecule has 3 N–H and O–H groups in total. The van der Waals surface area contributed by atoms with Crippen LogP contribution in [0.2, 0.25) is 0 Å². The lowest BCUT2D eigenvalue weighted by molar-refractivity contribution is 0.341. The molecule has 0 aliphatic rings. The van der Waals surface area contributed by atoms with Gasteiger partial charge in [-0.15, -0.1) is 5.10 Å². The molecule has 0 fully saturated rings. The second kappa shape index (κ2) is 13.3. The Kier molecular flexibility index (Phi) is 9.82. The van der Waals surface area contributed by atoms with Crippen LogP contribution in [0.5, 0.6) is 11.5 Å². The predicted octanol–water partition coefficient (Wildman–Crippen LogP) is 5.44. The number of imidazole rings is 1. The molecular formula is C30H39N5O5S. The van der Waals surface area contributed by atoms with E-state index in [0.29, 0.717) is 34.7 Å². The summed E-state index contributed by atoms with van der Waals surface area (Å²) < 4.78 is 36.5. The summed E-state index contributed by atoms with van der Waals surface area (Å²) in [4.78, 5) is 20.9. The fraction of sp³-hybridized carbons (Fsp3) is 0.433. The smallest absolute Gasteiger partial charge is 0.277 e. The first-order chi connectivity index (χ1) is 19.7. The molecular weight excluding hydrogens is 542 g/mol. The number of hydrogen-bond acceptors (Lipinski definition) is 7. The molecule has 220 valence electrons. The van der Waals surface area contributed by atoms with E-state index in [-0.39, 0.29) is 34.5 Å². The van der Waals surface area contributed by atoms with Crippen molar-refractivity contribution in [1.29, 1.82) is 0 Å². The van der Waals surface area contributed by atoms with Crippen LogP contribution in [-0.4, -0.2) is 39.7 Å². The molecule has 2 heterocycles. The maximum atomic E-state index is 13.3. The highest BCUT2D eigenvalue weighted by molar-refractivity contribution is 7.89. The van der Waals surface area contributed by atoms with Gasteiger partial charge in [0, 0.05) is 12.5 Å². The number of phenolic OH excluding ortho intramolecular Hbond substituents is 1. The van der Waals surface area contributed by atoms with Crippen LogP contribution in [0.1, 0.15) is 82.3 Å². The number of unbranched alkanes of at least 4 members (excludes halogenated alkanes) is 3. The average molecular weight is 582 g/mol. The van der Waals surface area contributed by atoms with Gasteiger partial charge in [0.15, 0.2) is 11.3 Å². The molecule has 1 unspecified atom stereocenters. The molecule has 4 rings (SSSR count). The third kappa shape index (κ3) is 6.97. The van der Waals surface area contributed by atoms with E-state index in [9.17, 15) is 18.3 Å². The Labute approximate surface area is 240 Å². The molecule has 0 aliphatic carbocycles. The molecule has 4 aromatic rings. The highest BCUT2D eigenvalue weighted by Crippen LogP contribution is 2.31. The summed E-state index contributed by atoms with van der Waals surface area (Å²) >= 11 is 0. The SMILES string of the molecule is CCCCCCC(CC)c1nc(C)c2c(=O)[nH]c(-c3cc(S(=O)(=O)NCc4ccc(O)cc4)ccc3OCC)nn12. The van der Waals surface area contributed by atoms with Crippen molar-refractivity contribution in [3.63, 3.8) is 0 Å². The summed E-state index contributed by atoms with van der Waals surface area (Å²) in [7, 11) is -3.93. The number of nitrogens with zero attached hydrogens (tertiary/aromatic N) is 3. The maximum absolute atomic E-state index is 13.3. The number of fused-ring (bicyclic) bond motifs is 1. The number of aromatic amines is 1. The molecule has 0 amide bonds. The minimum atomic E-state index is -3.93. The third-order valence-electron chi connectivity index (χ3n) is 7.18. The molecule has 2 aromatic heterocycles. The van der Waals surface area contributed by atoms with Crippen molar-refractivity contribution in [2.75, 3.05) is 6.61 Å². The number of benzene rings is 2. The number of rotatable bonds is 14. The highest BCUT2D eigenvalue weighted by atomic mass is 32.2. The van der Waals surface area contributed by atoms with Gasteiger partial charge >= 0.3 is 0 Å². The van der Waals surface area contributed by atoms with Crippen LogP contribution in [0.3, 0.4) is 0 Å². The van der Waals surface area contributed by atoms with Crippen molar-refractivity contribution in [1.82, 2.24) is 24.3 Å². The molecule has 0 bridgehead atoms. The van der Waals surface area contributed by atoms with Crippen LogP contribution >= 0.6 is 0 Å². The Morgan fingerprint density at radius 1 is 1.07 bits per heavy atom. The number of aromatic hydroxyl groups is 1. The van der Waals surface area contributed by atoms with Gasteiger partial charge in [0.1, 0.15) is 17.3 Å². The zero-order valence-corrected chi connectivity index (χ0v) is 24.9. The fourth-order valence-corrected chi connectivity index (χ4v) is 5.97. The van der Waals surface area contributed by atoms with Crippen molar-refractivity contribution >= 4 is 15.5 Å². The van der Waals surface area contributed by atoms with Crippen molar-refractivity contribution in [3.8, 4) is 22.9 Å². The number of sulfonamides is 1. The summed E-state index contributed by atoms with van der Waals surface area (Å²) in [6.07, 6.45) is 6.37. The van der Waals surface area contributed by atoms with E-state index in [0.717, 1.165) is 37.9 Å². The summed E-state index contributed by atoms with van der Waals surface area (Å²) in [5, 5.41) is 14.3. The Bertz CT molecular complexity index is 1640. The average Bonchev–Trinajstić information content (AvgIpc) is 3.29. The summed E-state index contributed by atoms with van der Waals surface area (Å²) in [6.45, 7) is 8.31. The van der Waals surface area contributed by atoms with E-state index in [1.165, 1.54) is 30.7 Å². The van der Waals surface area contributed by atoms with Crippen molar-refractivity contribution in [3.05, 3.63) is 69.9 Å². The largest absolute Gasteiger partial charge is 0.508 e. The molecule has 0 aliphatic heterocycles. The number of aryl methyl sites for hydroxylation is 1. The Morgan fingerprint density at radius 3 is 2.51 bits per heavy atom. The molecule has 11 heteroatoms. The number of H-pyrrole nitrogens is 1. The highest BCUT2D eigenvalue weighted by Gasteiger charge is 2.23. The normalized spacial score (nSPS) is 12.6. The summed E-state index contributed by atoms with van der Waals surface area (Å²) in [5.74, 6) is 1.57. The van der Waals surface area contributed by atoms with Gasteiger partial charge in [0.2, 0.25) is 10.0 Å². The van der Waals surface area contributed by atoms with Crippen molar-refractivity contribution < 1.29 is 18.3 Å².